The molecule has 0 heteroatoms. The molecule has 0 aromatic heterocycles. The topological polar surface area (TPSA) is 0 Å². The summed E-state index contributed by atoms with van der Waals surface area (Å²) in [6.07, 6.45) is 1.19. The summed E-state index contributed by atoms with van der Waals surface area (Å²) in [5.41, 5.74) is 4.67. The van der Waals surface area contributed by atoms with Gasteiger partial charge < -0.3 is 0 Å². The molecule has 0 saturated carbocycles. The molecular formula is C15H26. The van der Waals surface area contributed by atoms with E-state index in [1.165, 1.54) is 23.1 Å². The van der Waals surface area contributed by atoms with Crippen LogP contribution in [0.1, 0.15) is 57.7 Å². The van der Waals surface area contributed by atoms with Crippen LogP contribution in [-0.4, -0.2) is 0 Å². The van der Waals surface area contributed by atoms with Gasteiger partial charge in [-0.2, -0.15) is 0 Å². The van der Waals surface area contributed by atoms with E-state index in [-0.39, 0.29) is 0 Å². The van der Waals surface area contributed by atoms with E-state index >= 15 is 0 Å². The van der Waals surface area contributed by atoms with Crippen molar-refractivity contribution >= 4 is 0 Å². The largest absolute Gasteiger partial charge is 0.0683 e. The molecular weight excluding hydrogens is 180 g/mol. The van der Waals surface area contributed by atoms with Gasteiger partial charge in [0.15, 0.2) is 0 Å². The molecule has 0 amide bonds. The minimum absolute atomic E-state index is 0.316. The molecule has 0 aliphatic carbocycles. The van der Waals surface area contributed by atoms with Crippen molar-refractivity contribution < 1.29 is 0 Å². The highest BCUT2D eigenvalue weighted by Gasteiger charge is 2.20. The summed E-state index contributed by atoms with van der Waals surface area (Å²) in [5.74, 6) is 0. The molecule has 0 atom stereocenters. The van der Waals surface area contributed by atoms with Crippen LogP contribution >= 0.6 is 0 Å². The van der Waals surface area contributed by atoms with Crippen LogP contribution in [0, 0.1) is 13.8 Å². The Morgan fingerprint density at radius 3 is 2.07 bits per heavy atom. The minimum Gasteiger partial charge on any atom is -0.0683 e. The molecule has 0 fully saturated rings. The summed E-state index contributed by atoms with van der Waals surface area (Å²) in [7, 11) is 0. The Morgan fingerprint density at radius 2 is 1.60 bits per heavy atom. The Hall–Kier alpha value is -0.780. The smallest absolute Gasteiger partial charge is 0.0103 e. The van der Waals surface area contributed by atoms with Crippen LogP contribution in [0.25, 0.3) is 0 Å². The summed E-state index contributed by atoms with van der Waals surface area (Å²) < 4.78 is 0. The van der Waals surface area contributed by atoms with Gasteiger partial charge in [-0.25, -0.2) is 0 Å². The molecule has 1 rings (SSSR count). The first kappa shape index (κ1) is 14.2. The molecule has 0 aliphatic rings. The summed E-state index contributed by atoms with van der Waals surface area (Å²) in [6.45, 7) is 15.3. The fourth-order valence-electron chi connectivity index (χ4n) is 1.67. The maximum absolute atomic E-state index is 2.31. The molecule has 0 bridgehead atoms. The minimum atomic E-state index is 0.316. The van der Waals surface area contributed by atoms with Crippen molar-refractivity contribution in [2.75, 3.05) is 0 Å². The highest BCUT2D eigenvalue weighted by atomic mass is 14.2. The second-order valence-electron chi connectivity index (χ2n) is 4.48. The summed E-state index contributed by atoms with van der Waals surface area (Å²) >= 11 is 0. The van der Waals surface area contributed by atoms with Gasteiger partial charge in [0.25, 0.3) is 0 Å². The van der Waals surface area contributed by atoms with Gasteiger partial charge in [-0.3, -0.25) is 0 Å². The molecule has 86 valence electrons. The van der Waals surface area contributed by atoms with E-state index in [1.807, 2.05) is 13.8 Å². The third kappa shape index (κ3) is 3.37. The fraction of sp³-hybridized carbons (Fsp3) is 0.600. The van der Waals surface area contributed by atoms with Gasteiger partial charge in [0.05, 0.1) is 0 Å². The van der Waals surface area contributed by atoms with Crippen molar-refractivity contribution in [1.29, 1.82) is 0 Å². The molecule has 1 aromatic rings. The van der Waals surface area contributed by atoms with Crippen LogP contribution < -0.4 is 0 Å². The standard InChI is InChI=1S/C13H20.C2H6/c1-6-13(4,5)12-9-7-8-10(2)11(12)3;1-2/h7-9H,6H2,1-5H3;1-2H3. The third-order valence-electron chi connectivity index (χ3n) is 3.22. The quantitative estimate of drug-likeness (QED) is 0.637. The lowest BCUT2D eigenvalue weighted by atomic mass is 9.79. The van der Waals surface area contributed by atoms with Crippen LogP contribution in [0.4, 0.5) is 0 Å². The zero-order valence-electron chi connectivity index (χ0n) is 11.4. The van der Waals surface area contributed by atoms with Gasteiger partial charge in [-0.05, 0) is 42.4 Å². The van der Waals surface area contributed by atoms with E-state index in [0.717, 1.165) is 0 Å². The van der Waals surface area contributed by atoms with E-state index < -0.39 is 0 Å². The molecule has 0 spiro atoms. The van der Waals surface area contributed by atoms with Gasteiger partial charge in [0, 0.05) is 0 Å². The third-order valence-corrected chi connectivity index (χ3v) is 3.22. The van der Waals surface area contributed by atoms with Crippen molar-refractivity contribution in [3.05, 3.63) is 34.9 Å². The second kappa shape index (κ2) is 5.95. The predicted molar refractivity (Wildman–Crippen MR) is 70.6 cm³/mol. The molecule has 0 N–H and O–H groups in total. The van der Waals surface area contributed by atoms with Crippen molar-refractivity contribution in [1.82, 2.24) is 0 Å². The number of rotatable bonds is 2. The Kier molecular flexibility index (Phi) is 5.64. The Bertz CT molecular complexity index is 295. The number of aryl methyl sites for hydroxylation is 1. The lowest BCUT2D eigenvalue weighted by Crippen LogP contribution is -2.17. The normalized spacial score (nSPS) is 10.6. The molecule has 0 nitrogen and oxygen atoms in total. The number of benzene rings is 1. The van der Waals surface area contributed by atoms with Gasteiger partial charge >= 0.3 is 0 Å². The maximum Gasteiger partial charge on any atom is -0.0103 e. The molecule has 0 aliphatic heterocycles. The van der Waals surface area contributed by atoms with Crippen LogP contribution in [0.15, 0.2) is 18.2 Å². The number of hydrogen-bond acceptors (Lipinski definition) is 0. The van der Waals surface area contributed by atoms with Crippen molar-refractivity contribution in [2.24, 2.45) is 0 Å². The summed E-state index contributed by atoms with van der Waals surface area (Å²) in [6, 6.07) is 6.60. The van der Waals surface area contributed by atoms with Crippen LogP contribution in [0.3, 0.4) is 0 Å². The summed E-state index contributed by atoms with van der Waals surface area (Å²) in [4.78, 5) is 0. The van der Waals surface area contributed by atoms with Crippen LogP contribution in [0.5, 0.6) is 0 Å². The van der Waals surface area contributed by atoms with Gasteiger partial charge in [0.2, 0.25) is 0 Å². The molecule has 0 saturated heterocycles. The van der Waals surface area contributed by atoms with Crippen LogP contribution in [0.2, 0.25) is 0 Å². The van der Waals surface area contributed by atoms with E-state index in [9.17, 15) is 0 Å². The first-order valence-corrected chi connectivity index (χ1v) is 6.05. The molecule has 0 heterocycles. The molecule has 1 aromatic carbocycles. The monoisotopic (exact) mass is 206 g/mol. The Labute approximate surface area is 95.7 Å². The second-order valence-corrected chi connectivity index (χ2v) is 4.48. The maximum atomic E-state index is 2.31. The van der Waals surface area contributed by atoms with Gasteiger partial charge in [-0.1, -0.05) is 52.8 Å². The first-order valence-electron chi connectivity index (χ1n) is 6.05. The highest BCUT2D eigenvalue weighted by molar-refractivity contribution is 5.37. The summed E-state index contributed by atoms with van der Waals surface area (Å²) in [5, 5.41) is 0. The highest BCUT2D eigenvalue weighted by Crippen LogP contribution is 2.30. The van der Waals surface area contributed by atoms with E-state index in [0.29, 0.717) is 5.41 Å². The lowest BCUT2D eigenvalue weighted by Gasteiger charge is -2.26. The molecule has 0 radical (unpaired) electrons. The SMILES string of the molecule is CC.CCC(C)(C)c1cccc(C)c1C. The predicted octanol–water partition coefficient (Wildman–Crippen LogP) is 5.02. The van der Waals surface area contributed by atoms with E-state index in [4.69, 9.17) is 0 Å². The Balaban J connectivity index is 0.000000921. The first-order chi connectivity index (χ1) is 6.99. The molecule has 0 unspecified atom stereocenters. The van der Waals surface area contributed by atoms with Gasteiger partial charge in [0.1, 0.15) is 0 Å². The lowest BCUT2D eigenvalue weighted by molar-refractivity contribution is 0.503. The average Bonchev–Trinajstić information content (AvgIpc) is 2.25. The number of hydrogen-bond donors (Lipinski definition) is 0. The fourth-order valence-corrected chi connectivity index (χ4v) is 1.67. The van der Waals surface area contributed by atoms with E-state index in [2.05, 4.69) is 52.8 Å². The van der Waals surface area contributed by atoms with Crippen LogP contribution in [-0.2, 0) is 5.41 Å². The van der Waals surface area contributed by atoms with Gasteiger partial charge in [-0.15, -0.1) is 0 Å². The Morgan fingerprint density at radius 1 is 1.07 bits per heavy atom. The van der Waals surface area contributed by atoms with Crippen molar-refractivity contribution in [2.45, 2.75) is 60.3 Å². The zero-order valence-corrected chi connectivity index (χ0v) is 11.4. The van der Waals surface area contributed by atoms with E-state index in [1.54, 1.807) is 0 Å². The molecule has 15 heavy (non-hydrogen) atoms. The zero-order chi connectivity index (χ0) is 12.1. The van der Waals surface area contributed by atoms with Crippen molar-refractivity contribution in [3.8, 4) is 0 Å². The average molecular weight is 206 g/mol. The van der Waals surface area contributed by atoms with Crippen molar-refractivity contribution in [3.63, 3.8) is 0 Å².